The van der Waals surface area contributed by atoms with Gasteiger partial charge in [0.1, 0.15) is 11.6 Å². The molecule has 0 saturated carbocycles. The summed E-state index contributed by atoms with van der Waals surface area (Å²) in [5.41, 5.74) is 6.61. The Kier molecular flexibility index (Phi) is 4.65. The number of nitrogens with zero attached hydrogens (tertiary/aromatic N) is 4. The summed E-state index contributed by atoms with van der Waals surface area (Å²) in [5, 5.41) is 10.2. The van der Waals surface area contributed by atoms with Gasteiger partial charge in [0.05, 0.1) is 19.0 Å². The Balaban J connectivity index is 1.42. The monoisotopic (exact) mass is 398 g/mol. The van der Waals surface area contributed by atoms with E-state index >= 15 is 0 Å². The average Bonchev–Trinajstić information content (AvgIpc) is 3.42. The minimum absolute atomic E-state index is 0.700. The van der Waals surface area contributed by atoms with Crippen molar-refractivity contribution in [1.82, 2.24) is 25.1 Å². The number of aromatic amines is 1. The predicted molar refractivity (Wildman–Crippen MR) is 116 cm³/mol. The Bertz CT molecular complexity index is 1190. The van der Waals surface area contributed by atoms with E-state index in [1.54, 1.807) is 19.5 Å². The number of hydrogen-bond donors (Lipinski definition) is 2. The molecule has 0 amide bonds. The van der Waals surface area contributed by atoms with Crippen molar-refractivity contribution in [3.63, 3.8) is 0 Å². The second-order valence-corrected chi connectivity index (χ2v) is 7.45. The first-order valence-electron chi connectivity index (χ1n) is 9.77. The highest BCUT2D eigenvalue weighted by Gasteiger charge is 2.16. The van der Waals surface area contributed by atoms with Gasteiger partial charge in [0, 0.05) is 36.6 Å². The third-order valence-corrected chi connectivity index (χ3v) is 5.30. The number of fused-ring (bicyclic) bond motifs is 1. The molecule has 7 heteroatoms. The van der Waals surface area contributed by atoms with E-state index in [2.05, 4.69) is 50.6 Å². The summed E-state index contributed by atoms with van der Waals surface area (Å²) in [6.07, 6.45) is 5.41. The van der Waals surface area contributed by atoms with Crippen LogP contribution in [0, 0.1) is 0 Å². The maximum absolute atomic E-state index is 5.59. The molecule has 2 N–H and O–H groups in total. The Hall–Kier alpha value is -3.71. The minimum Gasteiger partial charge on any atom is -0.495 e. The van der Waals surface area contributed by atoms with Crippen LogP contribution in [0.15, 0.2) is 61.1 Å². The van der Waals surface area contributed by atoms with Crippen LogP contribution in [0.1, 0.15) is 11.1 Å². The maximum Gasteiger partial charge on any atom is 0.161 e. The van der Waals surface area contributed by atoms with Crippen LogP contribution in [0.3, 0.4) is 0 Å². The van der Waals surface area contributed by atoms with E-state index in [9.17, 15) is 0 Å². The molecule has 2 aromatic carbocycles. The zero-order valence-electron chi connectivity index (χ0n) is 16.9. The molecule has 5 rings (SSSR count). The second-order valence-electron chi connectivity index (χ2n) is 7.45. The SMILES string of the molecule is COc1cc(-c2cn[nH]c2)ccc1Nc1ccnc(-c2ccc3c(c2)CN(C)C3)n1. The van der Waals surface area contributed by atoms with E-state index in [-0.39, 0.29) is 0 Å². The molecule has 1 aliphatic heterocycles. The lowest BCUT2D eigenvalue weighted by Gasteiger charge is -2.12. The molecule has 0 aliphatic carbocycles. The lowest BCUT2D eigenvalue weighted by atomic mass is 10.1. The van der Waals surface area contributed by atoms with E-state index in [1.165, 1.54) is 11.1 Å². The minimum atomic E-state index is 0.700. The van der Waals surface area contributed by atoms with E-state index in [0.29, 0.717) is 11.6 Å². The highest BCUT2D eigenvalue weighted by Crippen LogP contribution is 2.32. The van der Waals surface area contributed by atoms with E-state index in [1.807, 2.05) is 30.5 Å². The fourth-order valence-corrected chi connectivity index (χ4v) is 3.79. The number of H-pyrrole nitrogens is 1. The van der Waals surface area contributed by atoms with Crippen LogP contribution in [0.25, 0.3) is 22.5 Å². The summed E-state index contributed by atoms with van der Waals surface area (Å²) in [7, 11) is 3.79. The van der Waals surface area contributed by atoms with E-state index in [4.69, 9.17) is 9.72 Å². The first kappa shape index (κ1) is 18.3. The fraction of sp³-hybridized carbons (Fsp3) is 0.174. The molecule has 0 atom stereocenters. The van der Waals surface area contributed by atoms with Crippen LogP contribution >= 0.6 is 0 Å². The molecule has 0 unspecified atom stereocenters. The predicted octanol–water partition coefficient (Wildman–Crippen LogP) is 4.23. The largest absolute Gasteiger partial charge is 0.495 e. The fourth-order valence-electron chi connectivity index (χ4n) is 3.79. The zero-order chi connectivity index (χ0) is 20.5. The highest BCUT2D eigenvalue weighted by molar-refractivity contribution is 5.73. The van der Waals surface area contributed by atoms with Crippen molar-refractivity contribution in [2.45, 2.75) is 13.1 Å². The number of anilines is 2. The summed E-state index contributed by atoms with van der Waals surface area (Å²) >= 11 is 0. The van der Waals surface area contributed by atoms with Gasteiger partial charge in [-0.2, -0.15) is 5.10 Å². The molecular weight excluding hydrogens is 376 g/mol. The van der Waals surface area contributed by atoms with E-state index < -0.39 is 0 Å². The molecule has 1 aliphatic rings. The van der Waals surface area contributed by atoms with Gasteiger partial charge in [-0.05, 0) is 48.0 Å². The molecule has 150 valence electrons. The van der Waals surface area contributed by atoms with E-state index in [0.717, 1.165) is 41.2 Å². The maximum atomic E-state index is 5.59. The molecular formula is C23H22N6O. The Morgan fingerprint density at radius 1 is 1.00 bits per heavy atom. The van der Waals surface area contributed by atoms with Crippen molar-refractivity contribution in [3.8, 4) is 28.3 Å². The van der Waals surface area contributed by atoms with Gasteiger partial charge in [0.25, 0.3) is 0 Å². The Morgan fingerprint density at radius 2 is 1.87 bits per heavy atom. The Morgan fingerprint density at radius 3 is 2.70 bits per heavy atom. The average molecular weight is 398 g/mol. The summed E-state index contributed by atoms with van der Waals surface area (Å²) in [6.45, 7) is 1.95. The van der Waals surface area contributed by atoms with Gasteiger partial charge in [-0.25, -0.2) is 9.97 Å². The van der Waals surface area contributed by atoms with Gasteiger partial charge >= 0.3 is 0 Å². The van der Waals surface area contributed by atoms with Crippen molar-refractivity contribution in [2.24, 2.45) is 0 Å². The summed E-state index contributed by atoms with van der Waals surface area (Å²) in [6, 6.07) is 14.3. The van der Waals surface area contributed by atoms with Crippen LogP contribution in [0.4, 0.5) is 11.5 Å². The van der Waals surface area contributed by atoms with Crippen molar-refractivity contribution in [2.75, 3.05) is 19.5 Å². The molecule has 0 spiro atoms. The zero-order valence-corrected chi connectivity index (χ0v) is 16.9. The van der Waals surface area contributed by atoms with Gasteiger partial charge < -0.3 is 10.1 Å². The van der Waals surface area contributed by atoms with Gasteiger partial charge in [0.2, 0.25) is 0 Å². The molecule has 0 saturated heterocycles. The number of aromatic nitrogens is 4. The standard InChI is InChI=1S/C23H22N6O/c1-29-13-17-4-3-16(9-18(17)14-29)23-24-8-7-22(28-23)27-20-6-5-15(10-21(20)30-2)19-11-25-26-12-19/h3-12H,13-14H2,1-2H3,(H,25,26)(H,24,27,28). The van der Waals surface area contributed by atoms with Crippen LogP contribution in [0.5, 0.6) is 5.75 Å². The first-order chi connectivity index (χ1) is 14.7. The quantitative estimate of drug-likeness (QED) is 0.524. The second kappa shape index (κ2) is 7.61. The molecule has 7 nitrogen and oxygen atoms in total. The highest BCUT2D eigenvalue weighted by atomic mass is 16.5. The molecule has 30 heavy (non-hydrogen) atoms. The lowest BCUT2D eigenvalue weighted by molar-refractivity contribution is 0.353. The van der Waals surface area contributed by atoms with Crippen LogP contribution < -0.4 is 10.1 Å². The molecule has 0 radical (unpaired) electrons. The van der Waals surface area contributed by atoms with Gasteiger partial charge in [-0.1, -0.05) is 18.2 Å². The Labute approximate surface area is 174 Å². The van der Waals surface area contributed by atoms with Gasteiger partial charge in [-0.3, -0.25) is 10.00 Å². The van der Waals surface area contributed by atoms with Crippen molar-refractivity contribution in [1.29, 1.82) is 0 Å². The van der Waals surface area contributed by atoms with Crippen molar-refractivity contribution < 1.29 is 4.74 Å². The smallest absolute Gasteiger partial charge is 0.161 e. The number of ether oxygens (including phenoxy) is 1. The topological polar surface area (TPSA) is 79.0 Å². The summed E-state index contributed by atoms with van der Waals surface area (Å²) in [4.78, 5) is 11.5. The normalized spacial score (nSPS) is 13.3. The van der Waals surface area contributed by atoms with Crippen LogP contribution in [-0.2, 0) is 13.1 Å². The van der Waals surface area contributed by atoms with Crippen LogP contribution in [0.2, 0.25) is 0 Å². The lowest BCUT2D eigenvalue weighted by Crippen LogP contribution is -2.07. The molecule has 0 fully saturated rings. The van der Waals surface area contributed by atoms with Crippen molar-refractivity contribution in [3.05, 3.63) is 72.2 Å². The molecule has 2 aromatic heterocycles. The number of hydrogen-bond acceptors (Lipinski definition) is 6. The summed E-state index contributed by atoms with van der Waals surface area (Å²) in [5.74, 6) is 2.15. The van der Waals surface area contributed by atoms with Gasteiger partial charge in [0.15, 0.2) is 5.82 Å². The van der Waals surface area contributed by atoms with Crippen molar-refractivity contribution >= 4 is 11.5 Å². The number of nitrogens with one attached hydrogen (secondary N) is 2. The first-order valence-corrected chi connectivity index (χ1v) is 9.77. The van der Waals surface area contributed by atoms with Gasteiger partial charge in [-0.15, -0.1) is 0 Å². The third kappa shape index (κ3) is 3.51. The molecule has 4 aromatic rings. The molecule has 0 bridgehead atoms. The third-order valence-electron chi connectivity index (χ3n) is 5.30. The summed E-state index contributed by atoms with van der Waals surface area (Å²) < 4.78 is 5.59. The number of benzene rings is 2. The number of rotatable bonds is 5. The molecule has 3 heterocycles. The van der Waals surface area contributed by atoms with Crippen LogP contribution in [-0.4, -0.2) is 39.2 Å². The number of methoxy groups -OCH3 is 1.